The Labute approximate surface area is 197 Å². The number of hydrogen-bond acceptors (Lipinski definition) is 3. The van der Waals surface area contributed by atoms with Gasteiger partial charge in [0.2, 0.25) is 0 Å². The van der Waals surface area contributed by atoms with Crippen LogP contribution in [0, 0.1) is 0 Å². The molecule has 2 aliphatic rings. The first-order chi connectivity index (χ1) is 16.2. The topological polar surface area (TPSA) is 31.7 Å². The molecule has 2 heterocycles. The molecular weight excluding hydrogens is 408 g/mol. The Morgan fingerprint density at radius 3 is 2.48 bits per heavy atom. The summed E-state index contributed by atoms with van der Waals surface area (Å²) in [7, 11) is 2.17. The Kier molecular flexibility index (Phi) is 6.79. The Balaban J connectivity index is 1.18. The molecule has 0 N–H and O–H groups in total. The Morgan fingerprint density at radius 2 is 1.73 bits per heavy atom. The van der Waals surface area contributed by atoms with E-state index >= 15 is 0 Å². The summed E-state index contributed by atoms with van der Waals surface area (Å²) in [6, 6.07) is 19.7. The highest BCUT2D eigenvalue weighted by molar-refractivity contribution is 5.98. The van der Waals surface area contributed by atoms with Crippen LogP contribution in [0.2, 0.25) is 0 Å². The highest BCUT2D eigenvalue weighted by Gasteiger charge is 2.28. The summed E-state index contributed by atoms with van der Waals surface area (Å²) in [4.78, 5) is 20.2. The van der Waals surface area contributed by atoms with Crippen LogP contribution in [0.15, 0.2) is 60.8 Å². The van der Waals surface area contributed by atoms with Gasteiger partial charge in [0, 0.05) is 74.5 Å². The number of aromatic nitrogens is 1. The lowest BCUT2D eigenvalue weighted by Gasteiger charge is -2.38. The molecule has 2 aromatic carbocycles. The van der Waals surface area contributed by atoms with Crippen molar-refractivity contribution in [1.82, 2.24) is 19.3 Å². The molecule has 2 fully saturated rings. The molecule has 174 valence electrons. The van der Waals surface area contributed by atoms with E-state index in [1.54, 1.807) is 0 Å². The van der Waals surface area contributed by atoms with Gasteiger partial charge in [-0.25, -0.2) is 0 Å². The zero-order valence-electron chi connectivity index (χ0n) is 19.8. The van der Waals surface area contributed by atoms with Crippen LogP contribution in [0.25, 0.3) is 10.9 Å². The SMILES string of the molecule is CN(CCn1ccc2cc(C(=O)N3CCN(C4CCCC4)CC3)ccc21)Cc1ccccc1. The van der Waals surface area contributed by atoms with Gasteiger partial charge in [-0.3, -0.25) is 9.69 Å². The van der Waals surface area contributed by atoms with E-state index in [4.69, 9.17) is 0 Å². The number of fused-ring (bicyclic) bond motifs is 1. The number of carbonyl (C=O) groups is 1. The maximum Gasteiger partial charge on any atom is 0.253 e. The average molecular weight is 445 g/mol. The highest BCUT2D eigenvalue weighted by atomic mass is 16.2. The molecule has 3 aromatic rings. The summed E-state index contributed by atoms with van der Waals surface area (Å²) < 4.78 is 2.30. The van der Waals surface area contributed by atoms with Crippen LogP contribution >= 0.6 is 0 Å². The van der Waals surface area contributed by atoms with Crippen LogP contribution in [0.3, 0.4) is 0 Å². The summed E-state index contributed by atoms with van der Waals surface area (Å²) in [6.45, 7) is 6.60. The van der Waals surface area contributed by atoms with E-state index in [1.807, 2.05) is 11.0 Å². The molecule has 0 radical (unpaired) electrons. The Bertz CT molecular complexity index is 1060. The van der Waals surface area contributed by atoms with Crippen LogP contribution in [0.5, 0.6) is 0 Å². The molecule has 0 atom stereocenters. The van der Waals surface area contributed by atoms with Gasteiger partial charge >= 0.3 is 0 Å². The third-order valence-corrected chi connectivity index (χ3v) is 7.48. The summed E-state index contributed by atoms with van der Waals surface area (Å²) in [6.07, 6.45) is 7.56. The van der Waals surface area contributed by atoms with Crippen LogP contribution < -0.4 is 0 Å². The standard InChI is InChI=1S/C28H36N4O/c1-29(22-23-7-3-2-4-8-23)15-16-31-14-13-24-21-25(11-12-27(24)31)28(33)32-19-17-30(18-20-32)26-9-5-6-10-26/h2-4,7-8,11-14,21,26H,5-6,9-10,15-20,22H2,1H3. The monoisotopic (exact) mass is 444 g/mol. The Morgan fingerprint density at radius 1 is 0.970 bits per heavy atom. The molecule has 5 nitrogen and oxygen atoms in total. The molecule has 5 heteroatoms. The van der Waals surface area contributed by atoms with Crippen LogP contribution in [-0.2, 0) is 13.1 Å². The van der Waals surface area contributed by atoms with Gasteiger partial charge in [0.25, 0.3) is 5.91 Å². The van der Waals surface area contributed by atoms with E-state index in [0.717, 1.165) is 62.8 Å². The summed E-state index contributed by atoms with van der Waals surface area (Å²) in [5.41, 5.74) is 3.35. The van der Waals surface area contributed by atoms with Gasteiger partial charge in [0.15, 0.2) is 0 Å². The smallest absolute Gasteiger partial charge is 0.253 e. The number of rotatable bonds is 7. The van der Waals surface area contributed by atoms with Crippen molar-refractivity contribution in [3.05, 3.63) is 71.9 Å². The van der Waals surface area contributed by atoms with Crippen molar-refractivity contribution < 1.29 is 4.79 Å². The number of hydrogen-bond donors (Lipinski definition) is 0. The third-order valence-electron chi connectivity index (χ3n) is 7.48. The van der Waals surface area contributed by atoms with Crippen molar-refractivity contribution in [1.29, 1.82) is 0 Å². The molecule has 5 rings (SSSR count). The predicted octanol–water partition coefficient (Wildman–Crippen LogP) is 4.47. The summed E-state index contributed by atoms with van der Waals surface area (Å²) in [5.74, 6) is 0.179. The second-order valence-electron chi connectivity index (χ2n) is 9.77. The maximum absolute atomic E-state index is 13.2. The molecule has 1 amide bonds. The van der Waals surface area contributed by atoms with Crippen molar-refractivity contribution in [2.24, 2.45) is 0 Å². The average Bonchev–Trinajstić information content (AvgIpc) is 3.53. The Hall–Kier alpha value is -2.63. The number of nitrogens with zero attached hydrogens (tertiary/aromatic N) is 4. The second kappa shape index (κ2) is 10.1. The first kappa shape index (κ1) is 22.2. The molecule has 1 aliphatic carbocycles. The van der Waals surface area contributed by atoms with E-state index in [1.165, 1.54) is 36.8 Å². The molecule has 1 saturated carbocycles. The van der Waals surface area contributed by atoms with Gasteiger partial charge in [0.05, 0.1) is 0 Å². The second-order valence-corrected chi connectivity index (χ2v) is 9.77. The largest absolute Gasteiger partial charge is 0.346 e. The third kappa shape index (κ3) is 5.15. The van der Waals surface area contributed by atoms with Crippen molar-refractivity contribution in [3.63, 3.8) is 0 Å². The van der Waals surface area contributed by atoms with Crippen LogP contribution in [0.1, 0.15) is 41.6 Å². The lowest BCUT2D eigenvalue weighted by molar-refractivity contribution is 0.0573. The number of carbonyl (C=O) groups excluding carboxylic acids is 1. The fraction of sp³-hybridized carbons (Fsp3) is 0.464. The van der Waals surface area contributed by atoms with Gasteiger partial charge in [-0.15, -0.1) is 0 Å². The van der Waals surface area contributed by atoms with Crippen LogP contribution in [-0.4, -0.2) is 71.0 Å². The number of piperazine rings is 1. The van der Waals surface area contributed by atoms with Crippen molar-refractivity contribution in [2.45, 2.75) is 44.8 Å². The number of benzene rings is 2. The number of amides is 1. The number of likely N-dealkylation sites (N-methyl/N-ethyl adjacent to an activating group) is 1. The first-order valence-corrected chi connectivity index (χ1v) is 12.5. The highest BCUT2D eigenvalue weighted by Crippen LogP contribution is 2.25. The first-order valence-electron chi connectivity index (χ1n) is 12.5. The molecule has 0 spiro atoms. The van der Waals surface area contributed by atoms with Gasteiger partial charge < -0.3 is 14.4 Å². The van der Waals surface area contributed by atoms with Gasteiger partial charge in [-0.05, 0) is 49.7 Å². The lowest BCUT2D eigenvalue weighted by Crippen LogP contribution is -2.51. The van der Waals surface area contributed by atoms with Crippen molar-refractivity contribution >= 4 is 16.8 Å². The van der Waals surface area contributed by atoms with Gasteiger partial charge in [-0.2, -0.15) is 0 Å². The summed E-state index contributed by atoms with van der Waals surface area (Å²) >= 11 is 0. The minimum absolute atomic E-state index is 0.179. The van der Waals surface area contributed by atoms with Gasteiger partial charge in [0.1, 0.15) is 0 Å². The maximum atomic E-state index is 13.2. The van der Waals surface area contributed by atoms with E-state index in [2.05, 4.69) is 76.1 Å². The van der Waals surface area contributed by atoms with Crippen molar-refractivity contribution in [3.8, 4) is 0 Å². The fourth-order valence-electron chi connectivity index (χ4n) is 5.52. The van der Waals surface area contributed by atoms with E-state index in [9.17, 15) is 4.79 Å². The van der Waals surface area contributed by atoms with E-state index in [0.29, 0.717) is 0 Å². The predicted molar refractivity (Wildman–Crippen MR) is 134 cm³/mol. The zero-order valence-corrected chi connectivity index (χ0v) is 19.8. The van der Waals surface area contributed by atoms with E-state index in [-0.39, 0.29) is 5.91 Å². The quantitative estimate of drug-likeness (QED) is 0.539. The van der Waals surface area contributed by atoms with E-state index < -0.39 is 0 Å². The fourth-order valence-corrected chi connectivity index (χ4v) is 5.52. The normalized spacial score (nSPS) is 17.9. The molecular formula is C28H36N4O. The van der Waals surface area contributed by atoms with Gasteiger partial charge in [-0.1, -0.05) is 43.2 Å². The van der Waals surface area contributed by atoms with Crippen LogP contribution in [0.4, 0.5) is 0 Å². The molecule has 0 bridgehead atoms. The zero-order chi connectivity index (χ0) is 22.6. The minimum atomic E-state index is 0.179. The van der Waals surface area contributed by atoms with Crippen molar-refractivity contribution in [2.75, 3.05) is 39.8 Å². The minimum Gasteiger partial charge on any atom is -0.346 e. The summed E-state index contributed by atoms with van der Waals surface area (Å²) in [5, 5.41) is 1.15. The molecule has 1 saturated heterocycles. The molecule has 1 aliphatic heterocycles. The molecule has 33 heavy (non-hydrogen) atoms. The lowest BCUT2D eigenvalue weighted by atomic mass is 10.1. The molecule has 0 unspecified atom stereocenters. The molecule has 1 aromatic heterocycles.